The summed E-state index contributed by atoms with van der Waals surface area (Å²) in [6.07, 6.45) is 2.20. The highest BCUT2D eigenvalue weighted by Gasteiger charge is 2.24. The Balaban J connectivity index is 1.91. The molecule has 1 N–H and O–H groups in total. The molecule has 0 unspecified atom stereocenters. The Morgan fingerprint density at radius 1 is 1.62 bits per heavy atom. The van der Waals surface area contributed by atoms with Crippen LogP contribution < -0.4 is 5.32 Å². The molecule has 1 aliphatic heterocycles. The highest BCUT2D eigenvalue weighted by molar-refractivity contribution is 9.10. The van der Waals surface area contributed by atoms with E-state index < -0.39 is 0 Å². The Morgan fingerprint density at radius 2 is 2.44 bits per heavy atom. The number of hydrogen-bond donors (Lipinski definition) is 1. The summed E-state index contributed by atoms with van der Waals surface area (Å²) < 4.78 is 11.2. The van der Waals surface area contributed by atoms with Crippen molar-refractivity contribution in [3.63, 3.8) is 0 Å². The third kappa shape index (κ3) is 2.65. The minimum atomic E-state index is -0.200. The summed E-state index contributed by atoms with van der Waals surface area (Å²) in [5, 5.41) is 2.87. The fraction of sp³-hybridized carbons (Fsp3) is 0.545. The van der Waals surface area contributed by atoms with E-state index in [0.29, 0.717) is 10.4 Å². The number of amides is 1. The monoisotopic (exact) mass is 287 g/mol. The molecule has 1 aromatic rings. The number of carbonyl (C=O) groups excluding carboxylic acids is 1. The Labute approximate surface area is 102 Å². The topological polar surface area (TPSA) is 51.5 Å². The minimum absolute atomic E-state index is 0.0128. The Kier molecular flexibility index (Phi) is 3.66. The predicted molar refractivity (Wildman–Crippen MR) is 62.3 cm³/mol. The number of rotatable bonds is 3. The van der Waals surface area contributed by atoms with E-state index in [4.69, 9.17) is 9.15 Å². The number of nitrogens with one attached hydrogen (secondary N) is 1. The lowest BCUT2D eigenvalue weighted by Gasteiger charge is -2.19. The van der Waals surface area contributed by atoms with Crippen molar-refractivity contribution in [3.8, 4) is 0 Å². The van der Waals surface area contributed by atoms with E-state index in [2.05, 4.69) is 21.2 Å². The van der Waals surface area contributed by atoms with Gasteiger partial charge >= 0.3 is 0 Å². The van der Waals surface area contributed by atoms with E-state index in [1.807, 2.05) is 6.92 Å². The highest BCUT2D eigenvalue weighted by atomic mass is 79.9. The van der Waals surface area contributed by atoms with E-state index >= 15 is 0 Å². The van der Waals surface area contributed by atoms with Gasteiger partial charge in [-0.1, -0.05) is 0 Å². The van der Waals surface area contributed by atoms with Gasteiger partial charge in [0.25, 0.3) is 5.91 Å². The largest absolute Gasteiger partial charge is 0.444 e. The zero-order chi connectivity index (χ0) is 11.5. The first-order valence-electron chi connectivity index (χ1n) is 5.34. The normalized spacial score (nSPS) is 22.0. The molecule has 0 radical (unpaired) electrons. The molecule has 1 fully saturated rings. The second kappa shape index (κ2) is 5.01. The van der Waals surface area contributed by atoms with Crippen molar-refractivity contribution in [1.29, 1.82) is 0 Å². The van der Waals surface area contributed by atoms with Gasteiger partial charge in [-0.3, -0.25) is 4.79 Å². The third-order valence-corrected chi connectivity index (χ3v) is 3.10. The van der Waals surface area contributed by atoms with Crippen LogP contribution in [0.15, 0.2) is 21.2 Å². The van der Waals surface area contributed by atoms with Crippen molar-refractivity contribution in [2.45, 2.75) is 31.9 Å². The zero-order valence-corrected chi connectivity index (χ0v) is 10.6. The van der Waals surface area contributed by atoms with Crippen molar-refractivity contribution < 1.29 is 13.9 Å². The van der Waals surface area contributed by atoms with Gasteiger partial charge in [-0.25, -0.2) is 0 Å². The Morgan fingerprint density at radius 3 is 3.00 bits per heavy atom. The smallest absolute Gasteiger partial charge is 0.287 e. The first-order valence-corrected chi connectivity index (χ1v) is 6.14. The van der Waals surface area contributed by atoms with Crippen LogP contribution in [-0.4, -0.2) is 24.7 Å². The molecule has 2 heterocycles. The lowest BCUT2D eigenvalue weighted by Crippen LogP contribution is -2.40. The molecule has 0 spiro atoms. The average Bonchev–Trinajstić information content (AvgIpc) is 2.87. The summed E-state index contributed by atoms with van der Waals surface area (Å²) >= 11 is 3.16. The van der Waals surface area contributed by atoms with Crippen molar-refractivity contribution >= 4 is 21.8 Å². The van der Waals surface area contributed by atoms with Crippen molar-refractivity contribution in [3.05, 3.63) is 22.6 Å². The quantitative estimate of drug-likeness (QED) is 0.928. The molecule has 0 bridgehead atoms. The summed E-state index contributed by atoms with van der Waals surface area (Å²) in [4.78, 5) is 11.7. The van der Waals surface area contributed by atoms with Crippen molar-refractivity contribution in [2.75, 3.05) is 6.61 Å². The van der Waals surface area contributed by atoms with Crippen LogP contribution in [0.4, 0.5) is 0 Å². The molecule has 88 valence electrons. The molecule has 16 heavy (non-hydrogen) atoms. The Hall–Kier alpha value is -0.810. The van der Waals surface area contributed by atoms with E-state index in [1.54, 1.807) is 12.1 Å². The maximum atomic E-state index is 11.7. The summed E-state index contributed by atoms with van der Waals surface area (Å²) in [5.74, 6) is 0.116. The summed E-state index contributed by atoms with van der Waals surface area (Å²) in [5.41, 5.74) is 0. The van der Waals surface area contributed by atoms with Gasteiger partial charge in [0.15, 0.2) is 10.4 Å². The molecule has 0 aliphatic carbocycles. The van der Waals surface area contributed by atoms with Crippen LogP contribution in [0.3, 0.4) is 0 Å². The van der Waals surface area contributed by atoms with Crippen molar-refractivity contribution in [1.82, 2.24) is 5.32 Å². The summed E-state index contributed by atoms with van der Waals surface area (Å²) in [6, 6.07) is 3.35. The van der Waals surface area contributed by atoms with Crippen molar-refractivity contribution in [2.24, 2.45) is 0 Å². The number of carbonyl (C=O) groups is 1. The number of halogens is 1. The van der Waals surface area contributed by atoms with Crippen LogP contribution in [0.1, 0.15) is 30.3 Å². The van der Waals surface area contributed by atoms with Gasteiger partial charge in [-0.05, 0) is 47.8 Å². The third-order valence-electron chi connectivity index (χ3n) is 2.68. The first-order chi connectivity index (χ1) is 7.66. The van der Waals surface area contributed by atoms with Crippen LogP contribution >= 0.6 is 15.9 Å². The van der Waals surface area contributed by atoms with Gasteiger partial charge in [-0.2, -0.15) is 0 Å². The Bertz CT molecular complexity index is 371. The number of ether oxygens (including phenoxy) is 1. The predicted octanol–water partition coefficient (Wildman–Crippen LogP) is 2.34. The molecule has 1 amide bonds. The maximum absolute atomic E-state index is 11.7. The SMILES string of the molecule is C[C@@H](NC(=O)c1ccc(Br)o1)[C@H]1CCCO1. The van der Waals surface area contributed by atoms with Crippen LogP contribution in [-0.2, 0) is 4.74 Å². The molecule has 5 heteroatoms. The molecule has 0 aromatic carbocycles. The van der Waals surface area contributed by atoms with E-state index in [1.165, 1.54) is 0 Å². The fourth-order valence-corrected chi connectivity index (χ4v) is 2.11. The molecule has 2 rings (SSSR count). The van der Waals surface area contributed by atoms with Gasteiger partial charge in [-0.15, -0.1) is 0 Å². The van der Waals surface area contributed by atoms with Crippen LogP contribution in [0.2, 0.25) is 0 Å². The lowest BCUT2D eigenvalue weighted by molar-refractivity contribution is 0.0696. The van der Waals surface area contributed by atoms with Gasteiger partial charge in [0.1, 0.15) is 0 Å². The molecule has 1 saturated heterocycles. The van der Waals surface area contributed by atoms with Gasteiger partial charge < -0.3 is 14.5 Å². The van der Waals surface area contributed by atoms with E-state index in [-0.39, 0.29) is 18.1 Å². The lowest BCUT2D eigenvalue weighted by atomic mass is 10.1. The van der Waals surface area contributed by atoms with Crippen LogP contribution in [0.25, 0.3) is 0 Å². The van der Waals surface area contributed by atoms with E-state index in [9.17, 15) is 4.79 Å². The maximum Gasteiger partial charge on any atom is 0.287 e. The molecule has 0 saturated carbocycles. The molecule has 1 aromatic heterocycles. The van der Waals surface area contributed by atoms with Crippen LogP contribution in [0, 0.1) is 0 Å². The van der Waals surface area contributed by atoms with Gasteiger partial charge in [0.05, 0.1) is 12.1 Å². The second-order valence-electron chi connectivity index (χ2n) is 3.92. The second-order valence-corrected chi connectivity index (χ2v) is 4.70. The average molecular weight is 288 g/mol. The molecular formula is C11H14BrNO3. The highest BCUT2D eigenvalue weighted by Crippen LogP contribution is 2.17. The summed E-state index contributed by atoms with van der Waals surface area (Å²) in [7, 11) is 0. The minimum Gasteiger partial charge on any atom is -0.444 e. The standard InChI is InChI=1S/C11H14BrNO3/c1-7(8-3-2-6-15-8)13-11(14)9-4-5-10(12)16-9/h4-5,7-8H,2-3,6H2,1H3,(H,13,14)/t7-,8-/m1/s1. The van der Waals surface area contributed by atoms with Gasteiger partial charge in [0.2, 0.25) is 0 Å². The first kappa shape index (κ1) is 11.7. The van der Waals surface area contributed by atoms with Crippen LogP contribution in [0.5, 0.6) is 0 Å². The number of furan rings is 1. The molecule has 2 atom stereocenters. The molecular weight excluding hydrogens is 274 g/mol. The summed E-state index contributed by atoms with van der Waals surface area (Å²) in [6.45, 7) is 2.74. The van der Waals surface area contributed by atoms with E-state index in [0.717, 1.165) is 19.4 Å². The fourth-order valence-electron chi connectivity index (χ4n) is 1.80. The van der Waals surface area contributed by atoms with Gasteiger partial charge in [0, 0.05) is 6.61 Å². The molecule has 1 aliphatic rings. The molecule has 4 nitrogen and oxygen atoms in total. The zero-order valence-electron chi connectivity index (χ0n) is 9.03. The number of hydrogen-bond acceptors (Lipinski definition) is 3.